The van der Waals surface area contributed by atoms with E-state index in [0.29, 0.717) is 30.6 Å². The maximum absolute atomic E-state index is 13.6. The number of anilines is 2. The molecule has 28 heavy (non-hydrogen) atoms. The molecule has 0 saturated heterocycles. The Bertz CT molecular complexity index is 799. The minimum absolute atomic E-state index is 0.0692. The molecule has 0 spiro atoms. The van der Waals surface area contributed by atoms with Crippen LogP contribution < -0.4 is 10.6 Å². The first kappa shape index (κ1) is 20.3. The second-order valence-corrected chi connectivity index (χ2v) is 6.96. The third-order valence-electron chi connectivity index (χ3n) is 4.83. The summed E-state index contributed by atoms with van der Waals surface area (Å²) >= 11 is 0. The molecule has 152 valence electrons. The third kappa shape index (κ3) is 5.09. The summed E-state index contributed by atoms with van der Waals surface area (Å²) in [5.41, 5.74) is 0.614. The minimum atomic E-state index is -1.20. The molecule has 1 aliphatic carbocycles. The Morgan fingerprint density at radius 2 is 1.93 bits per heavy atom. The number of hydrogen-bond acceptors (Lipinski definition) is 6. The highest BCUT2D eigenvalue weighted by molar-refractivity contribution is 5.72. The molecular formula is C19H24F3N5O. The molecule has 1 fully saturated rings. The molecular weight excluding hydrogens is 371 g/mol. The molecule has 0 bridgehead atoms. The van der Waals surface area contributed by atoms with Gasteiger partial charge in [0.05, 0.1) is 17.4 Å². The van der Waals surface area contributed by atoms with Gasteiger partial charge < -0.3 is 15.7 Å². The van der Waals surface area contributed by atoms with Crippen molar-refractivity contribution in [3.05, 3.63) is 30.1 Å². The topological polar surface area (TPSA) is 83.0 Å². The molecule has 2 aromatic heterocycles. The first-order chi connectivity index (χ1) is 13.5. The van der Waals surface area contributed by atoms with Gasteiger partial charge in [0.1, 0.15) is 12.0 Å². The van der Waals surface area contributed by atoms with E-state index in [9.17, 15) is 18.3 Å². The van der Waals surface area contributed by atoms with Gasteiger partial charge in [0.25, 0.3) is 0 Å². The number of aromatic nitrogens is 3. The predicted octanol–water partition coefficient (Wildman–Crippen LogP) is 3.69. The van der Waals surface area contributed by atoms with Crippen LogP contribution >= 0.6 is 0 Å². The summed E-state index contributed by atoms with van der Waals surface area (Å²) < 4.78 is 40.4. The fraction of sp³-hybridized carbons (Fsp3) is 0.526. The van der Waals surface area contributed by atoms with Gasteiger partial charge in [-0.15, -0.1) is 0 Å². The first-order valence-electron chi connectivity index (χ1n) is 9.48. The van der Waals surface area contributed by atoms with Crippen molar-refractivity contribution in [2.75, 3.05) is 17.2 Å². The van der Waals surface area contributed by atoms with Crippen molar-refractivity contribution in [1.82, 2.24) is 15.0 Å². The van der Waals surface area contributed by atoms with E-state index in [1.807, 2.05) is 0 Å². The molecule has 2 heterocycles. The summed E-state index contributed by atoms with van der Waals surface area (Å²) in [5, 5.41) is 15.8. The molecule has 1 atom stereocenters. The maximum Gasteiger partial charge on any atom is 0.249 e. The zero-order chi connectivity index (χ0) is 20.1. The molecule has 3 N–H and O–H groups in total. The highest BCUT2D eigenvalue weighted by Crippen LogP contribution is 2.29. The van der Waals surface area contributed by atoms with Gasteiger partial charge in [0.2, 0.25) is 11.9 Å². The summed E-state index contributed by atoms with van der Waals surface area (Å²) in [7, 11) is 0. The van der Waals surface area contributed by atoms with Gasteiger partial charge >= 0.3 is 0 Å². The molecule has 1 saturated carbocycles. The summed E-state index contributed by atoms with van der Waals surface area (Å²) in [5.74, 6) is -1.59. The van der Waals surface area contributed by atoms with Crippen molar-refractivity contribution in [3.8, 4) is 11.3 Å². The van der Waals surface area contributed by atoms with Crippen molar-refractivity contribution in [3.63, 3.8) is 0 Å². The first-order valence-corrected chi connectivity index (χ1v) is 9.48. The van der Waals surface area contributed by atoms with E-state index in [4.69, 9.17) is 0 Å². The van der Waals surface area contributed by atoms with Crippen LogP contribution in [-0.2, 0) is 0 Å². The van der Waals surface area contributed by atoms with Crippen molar-refractivity contribution in [2.45, 2.75) is 57.3 Å². The van der Waals surface area contributed by atoms with Crippen LogP contribution in [0.1, 0.15) is 39.0 Å². The molecule has 0 unspecified atom stereocenters. The molecule has 2 aromatic rings. The predicted molar refractivity (Wildman–Crippen MR) is 101 cm³/mol. The Morgan fingerprint density at radius 1 is 1.18 bits per heavy atom. The zero-order valence-electron chi connectivity index (χ0n) is 15.6. The second-order valence-electron chi connectivity index (χ2n) is 6.96. The lowest BCUT2D eigenvalue weighted by molar-refractivity contribution is 0.126. The maximum atomic E-state index is 13.6. The van der Waals surface area contributed by atoms with Crippen LogP contribution in [0.5, 0.6) is 0 Å². The van der Waals surface area contributed by atoms with Crippen LogP contribution in [0.25, 0.3) is 11.3 Å². The molecule has 0 amide bonds. The molecule has 0 aliphatic heterocycles. The van der Waals surface area contributed by atoms with Crippen LogP contribution in [0.4, 0.5) is 24.9 Å². The lowest BCUT2D eigenvalue weighted by Crippen LogP contribution is -2.29. The number of rotatable bonds is 7. The van der Waals surface area contributed by atoms with E-state index in [-0.39, 0.29) is 30.3 Å². The summed E-state index contributed by atoms with van der Waals surface area (Å²) in [6, 6.07) is 2.42. The van der Waals surface area contributed by atoms with E-state index in [0.717, 1.165) is 18.9 Å². The Hall–Kier alpha value is -2.42. The van der Waals surface area contributed by atoms with Gasteiger partial charge in [-0.3, -0.25) is 0 Å². The van der Waals surface area contributed by atoms with E-state index in [1.54, 1.807) is 6.92 Å². The quantitative estimate of drug-likeness (QED) is 0.620. The Balaban J connectivity index is 1.87. The lowest BCUT2D eigenvalue weighted by Gasteiger charge is -2.27. The molecule has 1 aliphatic rings. The fourth-order valence-corrected chi connectivity index (χ4v) is 3.09. The van der Waals surface area contributed by atoms with Crippen molar-refractivity contribution in [1.29, 1.82) is 0 Å². The number of hydrogen-bond donors (Lipinski definition) is 3. The molecule has 9 heteroatoms. The van der Waals surface area contributed by atoms with Crippen molar-refractivity contribution >= 4 is 11.8 Å². The molecule has 0 aromatic carbocycles. The minimum Gasteiger partial charge on any atom is -0.393 e. The van der Waals surface area contributed by atoms with Crippen LogP contribution in [0, 0.1) is 11.8 Å². The second kappa shape index (κ2) is 9.18. The highest BCUT2D eigenvalue weighted by atomic mass is 19.2. The van der Waals surface area contributed by atoms with E-state index in [2.05, 4.69) is 25.6 Å². The fourth-order valence-electron chi connectivity index (χ4n) is 3.09. The monoisotopic (exact) mass is 395 g/mol. The number of aliphatic hydroxyl groups excluding tert-OH is 1. The summed E-state index contributed by atoms with van der Waals surface area (Å²) in [4.78, 5) is 12.2. The van der Waals surface area contributed by atoms with Gasteiger partial charge in [-0.05, 0) is 44.2 Å². The third-order valence-corrected chi connectivity index (χ3v) is 4.83. The van der Waals surface area contributed by atoms with Crippen molar-refractivity contribution < 1.29 is 18.3 Å². The normalized spacial score (nSPS) is 20.6. The van der Waals surface area contributed by atoms with Gasteiger partial charge in [-0.1, -0.05) is 6.92 Å². The standard InChI is InChI=1S/C19H24F3N5O/c1-2-11(20)9-23-19-24-10-14(16-8-7-15(21)17(22)26-16)18(27-19)25-12-3-5-13(28)6-4-12/h7-8,10-13,28H,2-6,9H2,1H3,(H2,23,24,25,27)/t11-,12?,13?/m0/s1. The van der Waals surface area contributed by atoms with Crippen LogP contribution in [0.3, 0.4) is 0 Å². The average molecular weight is 395 g/mol. The number of nitrogens with one attached hydrogen (secondary N) is 2. The van der Waals surface area contributed by atoms with Crippen LogP contribution in [-0.4, -0.2) is 44.9 Å². The van der Waals surface area contributed by atoms with Gasteiger partial charge in [-0.25, -0.2) is 18.7 Å². The van der Waals surface area contributed by atoms with Crippen LogP contribution in [0.2, 0.25) is 0 Å². The van der Waals surface area contributed by atoms with Gasteiger partial charge in [0.15, 0.2) is 5.82 Å². The number of halogens is 3. The largest absolute Gasteiger partial charge is 0.393 e. The Kier molecular flexibility index (Phi) is 6.66. The molecule has 0 radical (unpaired) electrons. The number of nitrogens with zero attached hydrogens (tertiary/aromatic N) is 3. The Morgan fingerprint density at radius 3 is 2.61 bits per heavy atom. The molecule has 6 nitrogen and oxygen atoms in total. The van der Waals surface area contributed by atoms with E-state index in [1.165, 1.54) is 12.3 Å². The number of alkyl halides is 1. The summed E-state index contributed by atoms with van der Waals surface area (Å²) in [6.45, 7) is 1.82. The zero-order valence-corrected chi connectivity index (χ0v) is 15.6. The van der Waals surface area contributed by atoms with Gasteiger partial charge in [-0.2, -0.15) is 9.37 Å². The number of pyridine rings is 1. The van der Waals surface area contributed by atoms with E-state index >= 15 is 0 Å². The van der Waals surface area contributed by atoms with Crippen LogP contribution in [0.15, 0.2) is 18.3 Å². The SMILES string of the molecule is CC[C@H](F)CNc1ncc(-c2ccc(F)c(F)n2)c(NC2CCC(O)CC2)n1. The van der Waals surface area contributed by atoms with E-state index < -0.39 is 17.9 Å². The lowest BCUT2D eigenvalue weighted by atomic mass is 9.93. The van der Waals surface area contributed by atoms with Crippen molar-refractivity contribution in [2.24, 2.45) is 0 Å². The Labute approximate surface area is 161 Å². The summed E-state index contributed by atoms with van der Waals surface area (Å²) in [6.07, 6.45) is 3.35. The highest BCUT2D eigenvalue weighted by Gasteiger charge is 2.22. The average Bonchev–Trinajstić information content (AvgIpc) is 2.70. The smallest absolute Gasteiger partial charge is 0.249 e. The molecule has 3 rings (SSSR count). The van der Waals surface area contributed by atoms with Gasteiger partial charge in [0, 0.05) is 18.8 Å². The number of aliphatic hydroxyl groups is 1.